The lowest BCUT2D eigenvalue weighted by Crippen LogP contribution is -2.42. The zero-order valence-electron chi connectivity index (χ0n) is 17.3. The maximum Gasteiger partial charge on any atom is 0.258 e. The average Bonchev–Trinajstić information content (AvgIpc) is 3.23. The predicted molar refractivity (Wildman–Crippen MR) is 118 cm³/mol. The zero-order chi connectivity index (χ0) is 20.5. The van der Waals surface area contributed by atoms with Gasteiger partial charge in [-0.2, -0.15) is 0 Å². The van der Waals surface area contributed by atoms with Crippen LogP contribution in [0.2, 0.25) is 0 Å². The molecule has 0 saturated carbocycles. The average molecular weight is 402 g/mol. The van der Waals surface area contributed by atoms with Crippen LogP contribution in [-0.4, -0.2) is 42.1 Å². The molecule has 0 atom stereocenters. The zero-order valence-corrected chi connectivity index (χ0v) is 17.3. The number of ether oxygens (including phenoxy) is 1. The van der Waals surface area contributed by atoms with E-state index in [2.05, 4.69) is 22.0 Å². The van der Waals surface area contributed by atoms with E-state index in [1.165, 1.54) is 5.56 Å². The predicted octanol–water partition coefficient (Wildman–Crippen LogP) is 3.83. The molecule has 2 aromatic carbocycles. The van der Waals surface area contributed by atoms with Gasteiger partial charge in [-0.25, -0.2) is 9.97 Å². The minimum atomic E-state index is 0.0522. The Kier molecular flexibility index (Phi) is 4.99. The van der Waals surface area contributed by atoms with Gasteiger partial charge in [0.1, 0.15) is 0 Å². The van der Waals surface area contributed by atoms with Gasteiger partial charge in [0, 0.05) is 31.2 Å². The van der Waals surface area contributed by atoms with Crippen LogP contribution < -0.4 is 14.5 Å². The number of carbonyl (C=O) groups is 1. The van der Waals surface area contributed by atoms with Crippen LogP contribution in [-0.2, 0) is 11.2 Å². The second-order valence-corrected chi connectivity index (χ2v) is 7.90. The molecule has 0 radical (unpaired) electrons. The summed E-state index contributed by atoms with van der Waals surface area (Å²) in [7, 11) is 0. The molecule has 0 N–H and O–H groups in total. The number of aromatic nitrogens is 2. The third-order valence-corrected chi connectivity index (χ3v) is 6.10. The molecule has 0 unspecified atom stereocenters. The number of rotatable bonds is 4. The molecule has 5 rings (SSSR count). The molecule has 1 aromatic heterocycles. The molecule has 3 aromatic rings. The third-order valence-electron chi connectivity index (χ3n) is 6.10. The highest BCUT2D eigenvalue weighted by molar-refractivity contribution is 5.97. The molecular weight excluding hydrogens is 376 g/mol. The highest BCUT2D eigenvalue weighted by Crippen LogP contribution is 2.34. The van der Waals surface area contributed by atoms with Gasteiger partial charge in [0.2, 0.25) is 5.91 Å². The molecule has 1 fully saturated rings. The lowest BCUT2D eigenvalue weighted by Gasteiger charge is -2.34. The first-order valence-corrected chi connectivity index (χ1v) is 10.8. The highest BCUT2D eigenvalue weighted by atomic mass is 16.5. The number of hydrogen-bond acceptors (Lipinski definition) is 5. The van der Waals surface area contributed by atoms with Crippen molar-refractivity contribution in [2.24, 2.45) is 5.92 Å². The van der Waals surface area contributed by atoms with E-state index in [1.807, 2.05) is 48.2 Å². The van der Waals surface area contributed by atoms with E-state index in [0.717, 1.165) is 61.4 Å². The van der Waals surface area contributed by atoms with Gasteiger partial charge < -0.3 is 14.5 Å². The molecule has 6 heteroatoms. The Bertz CT molecular complexity index is 1080. The van der Waals surface area contributed by atoms with Gasteiger partial charge in [-0.3, -0.25) is 4.79 Å². The van der Waals surface area contributed by atoms with Crippen LogP contribution in [0.1, 0.15) is 25.3 Å². The second-order valence-electron chi connectivity index (χ2n) is 7.90. The SMILES string of the molecule is CCOc1nc2ccccc2nc1N1CCC(C(=O)N2CCc3ccccc32)CC1. The first-order valence-electron chi connectivity index (χ1n) is 10.8. The molecule has 0 spiro atoms. The van der Waals surface area contributed by atoms with Crippen LogP contribution in [0.4, 0.5) is 11.5 Å². The van der Waals surface area contributed by atoms with Crippen molar-refractivity contribution < 1.29 is 9.53 Å². The van der Waals surface area contributed by atoms with Gasteiger partial charge in [0.25, 0.3) is 5.88 Å². The fourth-order valence-electron chi connectivity index (χ4n) is 4.54. The number of hydrogen-bond donors (Lipinski definition) is 0. The van der Waals surface area contributed by atoms with E-state index in [4.69, 9.17) is 9.72 Å². The fourth-order valence-corrected chi connectivity index (χ4v) is 4.54. The summed E-state index contributed by atoms with van der Waals surface area (Å²) in [5.41, 5.74) is 4.06. The van der Waals surface area contributed by atoms with E-state index >= 15 is 0 Å². The molecule has 30 heavy (non-hydrogen) atoms. The van der Waals surface area contributed by atoms with Crippen LogP contribution in [0.3, 0.4) is 0 Å². The molecule has 154 valence electrons. The van der Waals surface area contributed by atoms with Crippen molar-refractivity contribution in [3.05, 3.63) is 54.1 Å². The Balaban J connectivity index is 1.33. The number of anilines is 2. The first-order chi connectivity index (χ1) is 14.7. The monoisotopic (exact) mass is 402 g/mol. The number of benzene rings is 2. The lowest BCUT2D eigenvalue weighted by molar-refractivity contribution is -0.122. The molecule has 6 nitrogen and oxygen atoms in total. The first kappa shape index (κ1) is 18.9. The van der Waals surface area contributed by atoms with Crippen LogP contribution in [0.5, 0.6) is 5.88 Å². The maximum absolute atomic E-state index is 13.2. The van der Waals surface area contributed by atoms with Crippen molar-refractivity contribution in [2.45, 2.75) is 26.2 Å². The molecular formula is C24H26N4O2. The van der Waals surface area contributed by atoms with Crippen molar-refractivity contribution in [1.29, 1.82) is 0 Å². The van der Waals surface area contributed by atoms with E-state index in [-0.39, 0.29) is 11.8 Å². The largest absolute Gasteiger partial charge is 0.475 e. The Hall–Kier alpha value is -3.15. The van der Waals surface area contributed by atoms with Crippen molar-refractivity contribution in [3.8, 4) is 5.88 Å². The lowest BCUT2D eigenvalue weighted by atomic mass is 9.95. The summed E-state index contributed by atoms with van der Waals surface area (Å²) in [4.78, 5) is 26.9. The summed E-state index contributed by atoms with van der Waals surface area (Å²) in [5.74, 6) is 1.67. The van der Waals surface area contributed by atoms with E-state index in [9.17, 15) is 4.79 Å². The second kappa shape index (κ2) is 7.94. The standard InChI is InChI=1S/C24H26N4O2/c1-2-30-23-22(25-19-8-4-5-9-20(19)26-23)27-14-11-18(12-15-27)24(29)28-16-13-17-7-3-6-10-21(17)28/h3-10,18H,2,11-16H2,1H3. The van der Waals surface area contributed by atoms with Crippen molar-refractivity contribution in [1.82, 2.24) is 9.97 Å². The van der Waals surface area contributed by atoms with Crippen LogP contribution >= 0.6 is 0 Å². The Morgan fingerprint density at radius 2 is 1.70 bits per heavy atom. The summed E-state index contributed by atoms with van der Waals surface area (Å²) in [6.07, 6.45) is 2.58. The van der Waals surface area contributed by atoms with E-state index < -0.39 is 0 Å². The molecule has 0 aliphatic carbocycles. The van der Waals surface area contributed by atoms with Crippen LogP contribution in [0.15, 0.2) is 48.5 Å². The third kappa shape index (κ3) is 3.36. The van der Waals surface area contributed by atoms with Gasteiger partial charge in [-0.05, 0) is 49.9 Å². The van der Waals surface area contributed by atoms with Crippen molar-refractivity contribution in [3.63, 3.8) is 0 Å². The van der Waals surface area contributed by atoms with Crippen molar-refractivity contribution >= 4 is 28.4 Å². The quantitative estimate of drug-likeness (QED) is 0.664. The molecule has 1 saturated heterocycles. The Morgan fingerprint density at radius 3 is 2.47 bits per heavy atom. The van der Waals surface area contributed by atoms with Crippen molar-refractivity contribution in [2.75, 3.05) is 36.0 Å². The number of piperidine rings is 1. The minimum absolute atomic E-state index is 0.0522. The van der Waals surface area contributed by atoms with E-state index in [1.54, 1.807) is 0 Å². The fraction of sp³-hybridized carbons (Fsp3) is 0.375. The van der Waals surface area contributed by atoms with E-state index in [0.29, 0.717) is 12.5 Å². The van der Waals surface area contributed by atoms with Gasteiger partial charge in [0.15, 0.2) is 5.82 Å². The molecule has 0 bridgehead atoms. The molecule has 3 heterocycles. The highest BCUT2D eigenvalue weighted by Gasteiger charge is 2.33. The summed E-state index contributed by atoms with van der Waals surface area (Å²) in [5, 5.41) is 0. The number of carbonyl (C=O) groups excluding carboxylic acids is 1. The van der Waals surface area contributed by atoms with Crippen LogP contribution in [0, 0.1) is 5.92 Å². The Labute approximate surface area is 176 Å². The van der Waals surface area contributed by atoms with Gasteiger partial charge in [0.05, 0.1) is 17.6 Å². The Morgan fingerprint density at radius 1 is 1.00 bits per heavy atom. The molecule has 1 amide bonds. The van der Waals surface area contributed by atoms with Crippen LogP contribution in [0.25, 0.3) is 11.0 Å². The summed E-state index contributed by atoms with van der Waals surface area (Å²) < 4.78 is 5.80. The van der Waals surface area contributed by atoms with Gasteiger partial charge >= 0.3 is 0 Å². The number of para-hydroxylation sites is 3. The normalized spacial score (nSPS) is 16.7. The molecule has 2 aliphatic heterocycles. The minimum Gasteiger partial charge on any atom is -0.475 e. The summed E-state index contributed by atoms with van der Waals surface area (Å²) in [6, 6.07) is 16.1. The summed E-state index contributed by atoms with van der Waals surface area (Å²) >= 11 is 0. The van der Waals surface area contributed by atoms with Gasteiger partial charge in [-0.1, -0.05) is 30.3 Å². The smallest absolute Gasteiger partial charge is 0.258 e. The number of fused-ring (bicyclic) bond motifs is 2. The number of amides is 1. The van der Waals surface area contributed by atoms with Gasteiger partial charge in [-0.15, -0.1) is 0 Å². The molecule has 2 aliphatic rings. The topological polar surface area (TPSA) is 58.6 Å². The summed E-state index contributed by atoms with van der Waals surface area (Å²) in [6.45, 7) is 4.85. The number of nitrogens with zero attached hydrogens (tertiary/aromatic N) is 4. The maximum atomic E-state index is 13.2.